The van der Waals surface area contributed by atoms with Gasteiger partial charge in [0.2, 0.25) is 11.8 Å². The normalized spacial score (nSPS) is 39.4. The second kappa shape index (κ2) is 3.21. The molecule has 0 aromatic carbocycles. The molecular formula is C14H19NO2. The molecule has 2 aliphatic carbocycles. The molecule has 2 bridgehead atoms. The minimum absolute atomic E-state index is 0.0525. The van der Waals surface area contributed by atoms with Gasteiger partial charge in [0.1, 0.15) is 0 Å². The first kappa shape index (κ1) is 11.0. The summed E-state index contributed by atoms with van der Waals surface area (Å²) in [4.78, 5) is 26.5. The Kier molecular flexibility index (Phi) is 2.08. The van der Waals surface area contributed by atoms with Gasteiger partial charge in [0.15, 0.2) is 0 Å². The zero-order valence-corrected chi connectivity index (χ0v) is 10.6. The van der Waals surface area contributed by atoms with E-state index in [1.54, 1.807) is 4.90 Å². The summed E-state index contributed by atoms with van der Waals surface area (Å²) in [5.74, 6) is 0.678. The fourth-order valence-electron chi connectivity index (χ4n) is 3.66. The maximum Gasteiger partial charge on any atom is 0.234 e. The van der Waals surface area contributed by atoms with Crippen molar-refractivity contribution in [1.29, 1.82) is 0 Å². The van der Waals surface area contributed by atoms with Crippen LogP contribution in [0.15, 0.2) is 12.2 Å². The van der Waals surface area contributed by atoms with Crippen molar-refractivity contribution >= 4 is 11.8 Å². The molecule has 1 saturated heterocycles. The molecule has 1 heterocycles. The maximum absolute atomic E-state index is 12.5. The van der Waals surface area contributed by atoms with Crippen LogP contribution >= 0.6 is 0 Å². The Hall–Kier alpha value is -1.12. The molecule has 0 spiro atoms. The highest BCUT2D eigenvalue weighted by Crippen LogP contribution is 2.53. The molecule has 2 fully saturated rings. The van der Waals surface area contributed by atoms with Gasteiger partial charge in [-0.1, -0.05) is 19.1 Å². The van der Waals surface area contributed by atoms with Crippen LogP contribution in [0.3, 0.4) is 0 Å². The van der Waals surface area contributed by atoms with Gasteiger partial charge in [-0.05, 0) is 38.5 Å². The summed E-state index contributed by atoms with van der Waals surface area (Å²) in [6, 6.07) is 0. The summed E-state index contributed by atoms with van der Waals surface area (Å²) in [5, 5.41) is 0. The van der Waals surface area contributed by atoms with Crippen LogP contribution in [0.25, 0.3) is 0 Å². The third-order valence-electron chi connectivity index (χ3n) is 4.94. The maximum atomic E-state index is 12.5. The van der Waals surface area contributed by atoms with Gasteiger partial charge in [0, 0.05) is 5.54 Å². The topological polar surface area (TPSA) is 37.4 Å². The summed E-state index contributed by atoms with van der Waals surface area (Å²) in [6.45, 7) is 6.00. The zero-order chi connectivity index (χ0) is 12.4. The average Bonchev–Trinajstić information content (AvgIpc) is 2.92. The first-order chi connectivity index (χ1) is 7.97. The van der Waals surface area contributed by atoms with Gasteiger partial charge >= 0.3 is 0 Å². The molecule has 3 nitrogen and oxygen atoms in total. The second-order valence-corrected chi connectivity index (χ2v) is 6.18. The molecule has 1 aliphatic heterocycles. The van der Waals surface area contributed by atoms with Crippen LogP contribution < -0.4 is 0 Å². The molecule has 0 radical (unpaired) electrons. The van der Waals surface area contributed by atoms with E-state index in [9.17, 15) is 9.59 Å². The monoisotopic (exact) mass is 233 g/mol. The first-order valence-electron chi connectivity index (χ1n) is 6.53. The molecule has 4 atom stereocenters. The molecule has 4 unspecified atom stereocenters. The van der Waals surface area contributed by atoms with Crippen LogP contribution in [0.1, 0.15) is 33.6 Å². The van der Waals surface area contributed by atoms with E-state index in [0.29, 0.717) is 11.8 Å². The molecule has 3 aliphatic rings. The van der Waals surface area contributed by atoms with E-state index in [0.717, 1.165) is 12.8 Å². The Morgan fingerprint density at radius 2 is 1.65 bits per heavy atom. The Balaban J connectivity index is 1.98. The predicted octanol–water partition coefficient (Wildman–Crippen LogP) is 1.98. The Bertz CT molecular complexity index is 394. The van der Waals surface area contributed by atoms with Crippen LogP contribution in [0, 0.1) is 23.7 Å². The van der Waals surface area contributed by atoms with E-state index in [4.69, 9.17) is 0 Å². The lowest BCUT2D eigenvalue weighted by atomic mass is 9.85. The van der Waals surface area contributed by atoms with Gasteiger partial charge in [-0.15, -0.1) is 0 Å². The van der Waals surface area contributed by atoms with E-state index in [2.05, 4.69) is 12.2 Å². The van der Waals surface area contributed by atoms with E-state index in [1.807, 2.05) is 20.8 Å². The molecule has 3 rings (SSSR count). The smallest absolute Gasteiger partial charge is 0.234 e. The number of allylic oxidation sites excluding steroid dienone is 2. The number of imide groups is 1. The number of hydrogen-bond donors (Lipinski definition) is 0. The van der Waals surface area contributed by atoms with Gasteiger partial charge in [0.25, 0.3) is 0 Å². The Morgan fingerprint density at radius 1 is 1.18 bits per heavy atom. The highest BCUT2D eigenvalue weighted by molar-refractivity contribution is 6.07. The van der Waals surface area contributed by atoms with Crippen molar-refractivity contribution < 1.29 is 9.59 Å². The van der Waals surface area contributed by atoms with Gasteiger partial charge in [-0.2, -0.15) is 0 Å². The molecule has 0 aromatic heterocycles. The predicted molar refractivity (Wildman–Crippen MR) is 63.9 cm³/mol. The Labute approximate surface area is 102 Å². The first-order valence-corrected chi connectivity index (χ1v) is 6.53. The number of nitrogens with zero attached hydrogens (tertiary/aromatic N) is 1. The number of carbonyl (C=O) groups excluding carboxylic acids is 2. The fourth-order valence-corrected chi connectivity index (χ4v) is 3.66. The highest BCUT2D eigenvalue weighted by Gasteiger charge is 2.61. The van der Waals surface area contributed by atoms with Gasteiger partial charge in [-0.3, -0.25) is 14.5 Å². The van der Waals surface area contributed by atoms with Gasteiger partial charge in [-0.25, -0.2) is 0 Å². The molecule has 1 saturated carbocycles. The number of hydrogen-bond acceptors (Lipinski definition) is 2. The van der Waals surface area contributed by atoms with E-state index < -0.39 is 0 Å². The highest BCUT2D eigenvalue weighted by atomic mass is 16.2. The molecule has 3 heteroatoms. The van der Waals surface area contributed by atoms with Crippen molar-refractivity contribution in [3.63, 3.8) is 0 Å². The average molecular weight is 233 g/mol. The quantitative estimate of drug-likeness (QED) is 0.540. The second-order valence-electron chi connectivity index (χ2n) is 6.18. The summed E-state index contributed by atoms with van der Waals surface area (Å²) < 4.78 is 0. The van der Waals surface area contributed by atoms with Crippen molar-refractivity contribution in [2.75, 3.05) is 0 Å². The van der Waals surface area contributed by atoms with Crippen LogP contribution in [0.4, 0.5) is 0 Å². The fraction of sp³-hybridized carbons (Fsp3) is 0.714. The van der Waals surface area contributed by atoms with Crippen molar-refractivity contribution in [3.8, 4) is 0 Å². The number of amides is 2. The van der Waals surface area contributed by atoms with E-state index in [-0.39, 0.29) is 29.2 Å². The molecule has 17 heavy (non-hydrogen) atoms. The number of rotatable bonds is 2. The third-order valence-corrected chi connectivity index (χ3v) is 4.94. The summed E-state index contributed by atoms with van der Waals surface area (Å²) in [7, 11) is 0. The van der Waals surface area contributed by atoms with Crippen molar-refractivity contribution in [2.45, 2.75) is 39.2 Å². The zero-order valence-electron chi connectivity index (χ0n) is 10.6. The standard InChI is InChI=1S/C14H19NO2/c1-4-14(2,3)15-12(16)10-8-5-6-9(7-8)11(10)13(15)17/h5-6,8-11H,4,7H2,1-3H3. The number of fused-ring (bicyclic) bond motifs is 5. The molecule has 0 N–H and O–H groups in total. The van der Waals surface area contributed by atoms with Gasteiger partial charge in [0.05, 0.1) is 11.8 Å². The summed E-state index contributed by atoms with van der Waals surface area (Å²) >= 11 is 0. The largest absolute Gasteiger partial charge is 0.276 e. The molecule has 92 valence electrons. The Morgan fingerprint density at radius 3 is 2.06 bits per heavy atom. The minimum atomic E-state index is -0.335. The third kappa shape index (κ3) is 1.23. The van der Waals surface area contributed by atoms with E-state index >= 15 is 0 Å². The van der Waals surface area contributed by atoms with Crippen LogP contribution in [-0.4, -0.2) is 22.3 Å². The van der Waals surface area contributed by atoms with Crippen LogP contribution in [0.2, 0.25) is 0 Å². The number of likely N-dealkylation sites (tertiary alicyclic amines) is 1. The lowest BCUT2D eigenvalue weighted by Crippen LogP contribution is -2.48. The van der Waals surface area contributed by atoms with E-state index in [1.165, 1.54) is 0 Å². The van der Waals surface area contributed by atoms with Crippen molar-refractivity contribution in [3.05, 3.63) is 12.2 Å². The van der Waals surface area contributed by atoms with Crippen molar-refractivity contribution in [1.82, 2.24) is 4.90 Å². The molecule has 2 amide bonds. The SMILES string of the molecule is CCC(C)(C)N1C(=O)C2C3C=CC(C3)C2C1=O. The summed E-state index contributed by atoms with van der Waals surface area (Å²) in [5.41, 5.74) is -0.335. The van der Waals surface area contributed by atoms with Crippen LogP contribution in [0.5, 0.6) is 0 Å². The molecule has 0 aromatic rings. The van der Waals surface area contributed by atoms with Crippen molar-refractivity contribution in [2.24, 2.45) is 23.7 Å². The summed E-state index contributed by atoms with van der Waals surface area (Å²) in [6.07, 6.45) is 6.10. The van der Waals surface area contributed by atoms with Crippen LogP contribution in [-0.2, 0) is 9.59 Å². The molecular weight excluding hydrogens is 214 g/mol. The van der Waals surface area contributed by atoms with Gasteiger partial charge < -0.3 is 0 Å². The number of carbonyl (C=O) groups is 2. The lowest BCUT2D eigenvalue weighted by molar-refractivity contribution is -0.147. The minimum Gasteiger partial charge on any atom is -0.276 e. The lowest BCUT2D eigenvalue weighted by Gasteiger charge is -2.34.